The number of H-pyrrole nitrogens is 1. The summed E-state index contributed by atoms with van der Waals surface area (Å²) in [5, 5.41) is 17.6. The molecule has 2 aromatic heterocycles. The number of rotatable bonds is 8. The Labute approximate surface area is 418 Å². The molecule has 3 amide bonds. The minimum absolute atomic E-state index is 0.00139. The lowest BCUT2D eigenvalue weighted by Crippen LogP contribution is -2.26. The van der Waals surface area contributed by atoms with Crippen molar-refractivity contribution in [1.29, 1.82) is 0 Å². The van der Waals surface area contributed by atoms with Gasteiger partial charge in [-0.3, -0.25) is 39.0 Å². The second kappa shape index (κ2) is 32.7. The first-order valence-electron chi connectivity index (χ1n) is 18.2. The third-order valence-electron chi connectivity index (χ3n) is 6.52. The molecule has 4 rings (SSSR count). The first-order chi connectivity index (χ1) is 32.2. The van der Waals surface area contributed by atoms with E-state index in [2.05, 4.69) is 42.2 Å². The maximum Gasteiger partial charge on any atom is 0.455 e. The topological polar surface area (TPSA) is 253 Å². The molecule has 0 unspecified atom stereocenters. The molecule has 0 saturated carbocycles. The van der Waals surface area contributed by atoms with Crippen molar-refractivity contribution in [2.45, 2.75) is 65.0 Å². The Morgan fingerprint density at radius 3 is 1.61 bits per heavy atom. The number of hydrazone groups is 2. The molecule has 384 valence electrons. The van der Waals surface area contributed by atoms with Crippen LogP contribution >= 0.6 is 62.3 Å². The quantitative estimate of drug-likeness (QED) is 0.0216. The summed E-state index contributed by atoms with van der Waals surface area (Å²) in [4.78, 5) is 72.4. The van der Waals surface area contributed by atoms with Gasteiger partial charge in [0.05, 0.1) is 62.6 Å². The Morgan fingerprint density at radius 2 is 1.24 bits per heavy atom. The van der Waals surface area contributed by atoms with Gasteiger partial charge in [-0.1, -0.05) is 86.6 Å². The second-order valence-electron chi connectivity index (χ2n) is 12.5. The Hall–Kier alpha value is -6.00. The number of nitrogens with two attached hydrogens (primary N) is 1. The number of allylic oxidation sites excluding steroid dienone is 2. The van der Waals surface area contributed by atoms with Gasteiger partial charge < -0.3 is 0 Å². The minimum atomic E-state index is -4.94. The summed E-state index contributed by atoms with van der Waals surface area (Å²) >= 11 is 26.8. The Kier molecular flexibility index (Phi) is 30.9. The highest BCUT2D eigenvalue weighted by molar-refractivity contribution is 9.08. The average Bonchev–Trinajstić information content (AvgIpc) is 3.24. The van der Waals surface area contributed by atoms with Crippen LogP contribution in [0.15, 0.2) is 92.4 Å². The highest BCUT2D eigenvalue weighted by Gasteiger charge is 2.37. The molecule has 2 heterocycles. The first kappa shape index (κ1) is 66.1. The maximum atomic E-state index is 12.2. The normalized spacial score (nSPS) is 11.1. The number of hydrogen-bond acceptors (Lipinski definition) is 12. The molecule has 0 aliphatic carbocycles. The van der Waals surface area contributed by atoms with Crippen molar-refractivity contribution in [3.63, 3.8) is 0 Å². The second-order valence-corrected chi connectivity index (χ2v) is 14.7. The summed E-state index contributed by atoms with van der Waals surface area (Å²) in [6, 6.07) is 12.9. The zero-order valence-electron chi connectivity index (χ0n) is 36.4. The molecule has 31 heteroatoms. The lowest BCUT2D eigenvalue weighted by Gasteiger charge is -2.07. The minimum Gasteiger partial charge on any atom is -0.295 e. The van der Waals surface area contributed by atoms with E-state index in [1.54, 1.807) is 35.2 Å². The highest BCUT2D eigenvalue weighted by atomic mass is 79.9. The van der Waals surface area contributed by atoms with Crippen LogP contribution in [0.4, 0.5) is 39.5 Å². The van der Waals surface area contributed by atoms with E-state index in [1.165, 1.54) is 17.7 Å². The number of alkyl halides is 10. The van der Waals surface area contributed by atoms with Crippen molar-refractivity contribution in [1.82, 2.24) is 36.3 Å². The fraction of sp³-hybridized carbons (Fsp3) is 0.256. The molecule has 0 aliphatic heterocycles. The van der Waals surface area contributed by atoms with Crippen LogP contribution in [0.25, 0.3) is 0 Å². The smallest absolute Gasteiger partial charge is 0.295 e. The number of nitrogens with zero attached hydrogens (tertiary/aromatic N) is 5. The van der Waals surface area contributed by atoms with E-state index in [0.717, 1.165) is 42.8 Å². The van der Waals surface area contributed by atoms with Crippen molar-refractivity contribution >= 4 is 104 Å². The van der Waals surface area contributed by atoms with Gasteiger partial charge in [0.1, 0.15) is 0 Å². The largest absolute Gasteiger partial charge is 0.455 e. The molecule has 0 bridgehead atoms. The summed E-state index contributed by atoms with van der Waals surface area (Å²) in [5.74, 6) is 0.233. The van der Waals surface area contributed by atoms with E-state index in [4.69, 9.17) is 46.4 Å². The Morgan fingerprint density at radius 1 is 0.757 bits per heavy atom. The van der Waals surface area contributed by atoms with Gasteiger partial charge in [-0.2, -0.15) is 59.9 Å². The number of aromatic nitrogens is 4. The summed E-state index contributed by atoms with van der Waals surface area (Å²) in [6.45, 7) is 6.62. The fourth-order valence-corrected chi connectivity index (χ4v) is 4.91. The third kappa shape index (κ3) is 30.5. The van der Waals surface area contributed by atoms with Gasteiger partial charge in [0, 0.05) is 38.2 Å². The van der Waals surface area contributed by atoms with E-state index in [9.17, 15) is 73.1 Å². The van der Waals surface area contributed by atoms with Gasteiger partial charge in [-0.05, 0) is 48.7 Å². The molecule has 0 fully saturated rings. The van der Waals surface area contributed by atoms with E-state index in [1.807, 2.05) is 35.6 Å². The van der Waals surface area contributed by atoms with Crippen molar-refractivity contribution in [3.8, 4) is 0 Å². The molecule has 70 heavy (non-hydrogen) atoms. The standard InChI is InChI=1S/C12H10Cl2N2O.C8H9F3N2O2.C7H5BrCl2.C5H5F3N2O2.C5H3F3N2O.C2H6N2O/c1-8-5-11(17)16(15-6-8)7-9-3-2-4-10(13)12(9)14;1-5(14)3-7(8(9,10)11)4-12-13-6(2)15;8-4-5-2-1-3-6(9)7(5)10;1-3(11)10-9-2-4(12)5(6,7)8;6-5(7,8)3-1-4(11)10-9-2-3;1-2(5)4-3/h2-6H,7H2,1H3;3-4H,1-2H3,(H,13,15);1-3H,4H2;2H,1H3,(H,10,11);1-2H,(H,10,11);3H2,1H3,(H,4,5). The van der Waals surface area contributed by atoms with E-state index < -0.39 is 58.6 Å². The molecule has 2 aromatic carbocycles. The number of carbonyl (C=O) groups excluding carboxylic acids is 5. The van der Waals surface area contributed by atoms with Crippen LogP contribution < -0.4 is 33.2 Å². The Balaban J connectivity index is 0. The molecule has 0 radical (unpaired) electrons. The molecule has 6 N–H and O–H groups in total. The van der Waals surface area contributed by atoms with Crippen LogP contribution in [0.1, 0.15) is 49.9 Å². The van der Waals surface area contributed by atoms with Crippen LogP contribution in [0, 0.1) is 6.92 Å². The zero-order valence-corrected chi connectivity index (χ0v) is 41.0. The summed E-state index contributed by atoms with van der Waals surface area (Å²) in [6.07, 6.45) is -11.1. The molecular formula is C39H38BrCl4F9N10O7. The highest BCUT2D eigenvalue weighted by Crippen LogP contribution is 2.28. The third-order valence-corrected chi connectivity index (χ3v) is 8.84. The van der Waals surface area contributed by atoms with Gasteiger partial charge in [0.15, 0.2) is 5.78 Å². The van der Waals surface area contributed by atoms with Gasteiger partial charge in [-0.25, -0.2) is 26.5 Å². The summed E-state index contributed by atoms with van der Waals surface area (Å²) < 4.78 is 107. The van der Waals surface area contributed by atoms with Crippen molar-refractivity contribution in [2.75, 3.05) is 0 Å². The summed E-state index contributed by atoms with van der Waals surface area (Å²) in [7, 11) is 0. The number of benzene rings is 2. The number of nitrogens with one attached hydrogen (secondary N) is 4. The van der Waals surface area contributed by atoms with Gasteiger partial charge in [0.2, 0.25) is 17.7 Å². The van der Waals surface area contributed by atoms with Crippen LogP contribution in [0.3, 0.4) is 0 Å². The van der Waals surface area contributed by atoms with Crippen LogP contribution in [0.2, 0.25) is 20.1 Å². The molecule has 0 spiro atoms. The average molecular weight is 1150 g/mol. The molecule has 0 saturated heterocycles. The fourth-order valence-electron chi connectivity index (χ4n) is 3.52. The van der Waals surface area contributed by atoms with Gasteiger partial charge in [0.25, 0.3) is 16.9 Å². The van der Waals surface area contributed by atoms with Gasteiger partial charge in [-0.15, -0.1) is 0 Å². The lowest BCUT2D eigenvalue weighted by molar-refractivity contribution is -0.162. The van der Waals surface area contributed by atoms with E-state index in [-0.39, 0.29) is 17.7 Å². The molecule has 0 atom stereocenters. The number of amides is 3. The molecule has 0 aliphatic rings. The predicted molar refractivity (Wildman–Crippen MR) is 246 cm³/mol. The molecule has 4 aromatic rings. The van der Waals surface area contributed by atoms with Crippen molar-refractivity contribution < 1.29 is 63.5 Å². The van der Waals surface area contributed by atoms with E-state index in [0.29, 0.717) is 51.2 Å². The zero-order chi connectivity index (χ0) is 54.6. The van der Waals surface area contributed by atoms with Crippen LogP contribution in [-0.2, 0) is 42.0 Å². The van der Waals surface area contributed by atoms with Crippen LogP contribution in [0.5, 0.6) is 0 Å². The predicted octanol–water partition coefficient (Wildman–Crippen LogP) is 8.01. The van der Waals surface area contributed by atoms with Crippen molar-refractivity contribution in [3.05, 3.63) is 136 Å². The monoisotopic (exact) mass is 1150 g/mol. The maximum absolute atomic E-state index is 12.2. The number of carbonyl (C=O) groups is 5. The molecular weight excluding hydrogens is 1110 g/mol. The number of hydrogen-bond donors (Lipinski definition) is 5. The number of aromatic amines is 1. The SMILES string of the molecule is CC(=O)C=C(C=NNC(C)=O)C(F)(F)F.CC(=O)NN.CC(=O)NN=CC(=O)C(F)(F)F.Cc1cnn(Cc2cccc(Cl)c2Cl)c(=O)c1.Clc1cccc(CBr)c1Cl.O=c1cc(C(F)(F)F)cn[nH]1. The number of halogens is 14. The van der Waals surface area contributed by atoms with E-state index >= 15 is 0 Å². The van der Waals surface area contributed by atoms with Crippen LogP contribution in [-0.4, -0.2) is 74.0 Å². The number of Topliss-reactive ketones (excluding diaryl/α,β-unsaturated/α-hetero) is 1. The van der Waals surface area contributed by atoms with Gasteiger partial charge >= 0.3 is 18.5 Å². The number of aryl methyl sites for hydroxylation is 1. The number of hydrazine groups is 1. The lowest BCUT2D eigenvalue weighted by atomic mass is 10.2. The summed E-state index contributed by atoms with van der Waals surface area (Å²) in [5.41, 5.74) is 4.71. The number of ketones is 2. The first-order valence-corrected chi connectivity index (χ1v) is 20.9. The Bertz CT molecular complexity index is 2590. The molecule has 17 nitrogen and oxygen atoms in total. The van der Waals surface area contributed by atoms with Crippen molar-refractivity contribution in [2.24, 2.45) is 16.0 Å².